The van der Waals surface area contributed by atoms with Crippen molar-refractivity contribution in [3.05, 3.63) is 59.8 Å². The van der Waals surface area contributed by atoms with Crippen molar-refractivity contribution >= 4 is 23.6 Å². The molecule has 27 heavy (non-hydrogen) atoms. The minimum atomic E-state index is -0.709. The van der Waals surface area contributed by atoms with Crippen molar-refractivity contribution in [1.82, 2.24) is 15.5 Å². The van der Waals surface area contributed by atoms with Crippen LogP contribution in [0.1, 0.15) is 17.2 Å². The number of carbonyl (C=O) groups excluding carboxylic acids is 2. The Kier molecular flexibility index (Phi) is 6.89. The van der Waals surface area contributed by atoms with Gasteiger partial charge in [0.25, 0.3) is 0 Å². The fourth-order valence-electron chi connectivity index (χ4n) is 2.95. The Balaban J connectivity index is 1.52. The number of carbonyl (C=O) groups is 2. The Hall–Kier alpha value is -2.32. The zero-order chi connectivity index (χ0) is 19.1. The van der Waals surface area contributed by atoms with E-state index in [4.69, 9.17) is 4.42 Å². The van der Waals surface area contributed by atoms with E-state index in [2.05, 4.69) is 15.5 Å². The van der Waals surface area contributed by atoms with Crippen molar-refractivity contribution in [1.29, 1.82) is 0 Å². The lowest BCUT2D eigenvalue weighted by atomic mass is 10.1. The minimum Gasteiger partial charge on any atom is -0.472 e. The van der Waals surface area contributed by atoms with Crippen LogP contribution in [0.2, 0.25) is 0 Å². The summed E-state index contributed by atoms with van der Waals surface area (Å²) < 4.78 is 18.1. The Bertz CT molecular complexity index is 746. The van der Waals surface area contributed by atoms with E-state index < -0.39 is 11.8 Å². The van der Waals surface area contributed by atoms with Crippen molar-refractivity contribution in [2.24, 2.45) is 0 Å². The van der Waals surface area contributed by atoms with Crippen LogP contribution in [0.4, 0.5) is 4.39 Å². The highest BCUT2D eigenvalue weighted by molar-refractivity contribution is 7.99. The van der Waals surface area contributed by atoms with Gasteiger partial charge in [-0.25, -0.2) is 4.39 Å². The summed E-state index contributed by atoms with van der Waals surface area (Å²) in [6.07, 6.45) is 3.28. The second-order valence-electron chi connectivity index (χ2n) is 6.24. The van der Waals surface area contributed by atoms with Crippen molar-refractivity contribution < 1.29 is 18.4 Å². The number of amides is 2. The highest BCUT2D eigenvalue weighted by Crippen LogP contribution is 2.24. The highest BCUT2D eigenvalue weighted by atomic mass is 32.2. The van der Waals surface area contributed by atoms with Crippen LogP contribution >= 0.6 is 11.8 Å². The average molecular weight is 391 g/mol. The molecule has 8 heteroatoms. The minimum absolute atomic E-state index is 0.0292. The molecule has 0 saturated carbocycles. The number of halogens is 1. The predicted molar refractivity (Wildman–Crippen MR) is 102 cm³/mol. The largest absolute Gasteiger partial charge is 0.472 e. The molecule has 1 atom stereocenters. The summed E-state index contributed by atoms with van der Waals surface area (Å²) in [5.74, 6) is 0.349. The van der Waals surface area contributed by atoms with Gasteiger partial charge in [-0.05, 0) is 23.8 Å². The molecule has 1 aliphatic rings. The molecule has 2 amide bonds. The summed E-state index contributed by atoms with van der Waals surface area (Å²) in [5, 5.41) is 5.26. The third-order valence-electron chi connectivity index (χ3n) is 4.44. The molecule has 2 aromatic rings. The van der Waals surface area contributed by atoms with Crippen molar-refractivity contribution in [2.75, 3.05) is 31.1 Å². The molecule has 144 valence electrons. The van der Waals surface area contributed by atoms with Gasteiger partial charge >= 0.3 is 11.8 Å². The molecule has 6 nitrogen and oxygen atoms in total. The van der Waals surface area contributed by atoms with Crippen molar-refractivity contribution in [3.8, 4) is 0 Å². The molecule has 1 aromatic carbocycles. The van der Waals surface area contributed by atoms with Crippen molar-refractivity contribution in [3.63, 3.8) is 0 Å². The van der Waals surface area contributed by atoms with E-state index in [0.29, 0.717) is 6.54 Å². The summed E-state index contributed by atoms with van der Waals surface area (Å²) in [5.41, 5.74) is 1.70. The van der Waals surface area contributed by atoms with E-state index in [-0.39, 0.29) is 18.4 Å². The molecule has 0 bridgehead atoms. The SMILES string of the molecule is O=C(NCc1ccc(F)cc1)C(=O)NC[C@@H](c1ccoc1)N1CCSCC1. The second kappa shape index (κ2) is 9.57. The quantitative estimate of drug-likeness (QED) is 0.737. The highest BCUT2D eigenvalue weighted by Gasteiger charge is 2.25. The van der Waals surface area contributed by atoms with Crippen LogP contribution in [0.5, 0.6) is 0 Å². The number of furan rings is 1. The summed E-state index contributed by atoms with van der Waals surface area (Å²) in [7, 11) is 0. The van der Waals surface area contributed by atoms with Crippen LogP contribution in [0.3, 0.4) is 0 Å². The summed E-state index contributed by atoms with van der Waals surface area (Å²) >= 11 is 1.91. The first-order valence-corrected chi connectivity index (χ1v) is 9.93. The number of benzene rings is 1. The molecule has 2 heterocycles. The van der Waals surface area contributed by atoms with E-state index in [1.807, 2.05) is 17.8 Å². The Morgan fingerprint density at radius 3 is 2.48 bits per heavy atom. The maximum Gasteiger partial charge on any atom is 0.309 e. The molecule has 3 rings (SSSR count). The summed E-state index contributed by atoms with van der Waals surface area (Å²) in [6.45, 7) is 2.34. The molecule has 0 aliphatic carbocycles. The van der Waals surface area contributed by atoms with Gasteiger partial charge < -0.3 is 15.1 Å². The van der Waals surface area contributed by atoms with Gasteiger partial charge in [0.05, 0.1) is 18.6 Å². The number of hydrogen-bond acceptors (Lipinski definition) is 5. The topological polar surface area (TPSA) is 74.6 Å². The van der Waals surface area contributed by atoms with Gasteiger partial charge in [0.1, 0.15) is 5.82 Å². The summed E-state index contributed by atoms with van der Waals surface area (Å²) in [4.78, 5) is 26.5. The average Bonchev–Trinajstić information content (AvgIpc) is 3.22. The Morgan fingerprint density at radius 1 is 1.11 bits per heavy atom. The van der Waals surface area contributed by atoms with E-state index in [1.54, 1.807) is 24.7 Å². The van der Waals surface area contributed by atoms with Gasteiger partial charge in [0.2, 0.25) is 0 Å². The van der Waals surface area contributed by atoms with Gasteiger partial charge in [-0.2, -0.15) is 11.8 Å². The van der Waals surface area contributed by atoms with Crippen LogP contribution in [-0.2, 0) is 16.1 Å². The standard InChI is InChI=1S/C19H22FN3O3S/c20-16-3-1-14(2-4-16)11-21-18(24)19(25)22-12-17(15-5-8-26-13-15)23-6-9-27-10-7-23/h1-5,8,13,17H,6-7,9-12H2,(H,21,24)(H,22,25)/t17-/m0/s1. The van der Waals surface area contributed by atoms with E-state index >= 15 is 0 Å². The van der Waals surface area contributed by atoms with Crippen LogP contribution in [0, 0.1) is 5.82 Å². The number of nitrogens with zero attached hydrogens (tertiary/aromatic N) is 1. The van der Waals surface area contributed by atoms with E-state index in [0.717, 1.165) is 35.7 Å². The first-order valence-electron chi connectivity index (χ1n) is 8.78. The second-order valence-corrected chi connectivity index (χ2v) is 7.46. The van der Waals surface area contributed by atoms with Crippen molar-refractivity contribution in [2.45, 2.75) is 12.6 Å². The third kappa shape index (κ3) is 5.58. The monoisotopic (exact) mass is 391 g/mol. The fourth-order valence-corrected chi connectivity index (χ4v) is 3.88. The molecule has 0 unspecified atom stereocenters. The lowest BCUT2D eigenvalue weighted by Crippen LogP contribution is -2.45. The zero-order valence-corrected chi connectivity index (χ0v) is 15.6. The first kappa shape index (κ1) is 19.4. The smallest absolute Gasteiger partial charge is 0.309 e. The molecule has 1 aromatic heterocycles. The normalized spacial score (nSPS) is 15.9. The molecule has 1 fully saturated rings. The maximum atomic E-state index is 12.9. The lowest BCUT2D eigenvalue weighted by Gasteiger charge is -2.33. The van der Waals surface area contributed by atoms with Gasteiger partial charge in [0, 0.05) is 43.2 Å². The molecular formula is C19H22FN3O3S. The van der Waals surface area contributed by atoms with Crippen LogP contribution in [0.25, 0.3) is 0 Å². The first-order chi connectivity index (χ1) is 13.1. The van der Waals surface area contributed by atoms with Gasteiger partial charge in [0.15, 0.2) is 0 Å². The predicted octanol–water partition coefficient (Wildman–Crippen LogP) is 1.94. The third-order valence-corrected chi connectivity index (χ3v) is 5.39. The van der Waals surface area contributed by atoms with Gasteiger partial charge in [-0.15, -0.1) is 0 Å². The number of thioether (sulfide) groups is 1. The number of hydrogen-bond donors (Lipinski definition) is 2. The Labute approximate surface area is 161 Å². The Morgan fingerprint density at radius 2 is 1.81 bits per heavy atom. The molecule has 1 saturated heterocycles. The van der Waals surface area contributed by atoms with E-state index in [9.17, 15) is 14.0 Å². The fraction of sp³-hybridized carbons (Fsp3) is 0.368. The number of rotatable bonds is 6. The lowest BCUT2D eigenvalue weighted by molar-refractivity contribution is -0.139. The zero-order valence-electron chi connectivity index (χ0n) is 14.8. The molecule has 0 radical (unpaired) electrons. The maximum absolute atomic E-state index is 12.9. The number of nitrogens with one attached hydrogen (secondary N) is 2. The molecule has 2 N–H and O–H groups in total. The van der Waals surface area contributed by atoms with E-state index in [1.165, 1.54) is 12.1 Å². The molecule has 1 aliphatic heterocycles. The van der Waals surface area contributed by atoms with Gasteiger partial charge in [-0.3, -0.25) is 14.5 Å². The van der Waals surface area contributed by atoms with Gasteiger partial charge in [-0.1, -0.05) is 12.1 Å². The molecular weight excluding hydrogens is 369 g/mol. The van der Waals surface area contributed by atoms with Crippen LogP contribution in [0.15, 0.2) is 47.3 Å². The summed E-state index contributed by atoms with van der Waals surface area (Å²) in [6, 6.07) is 7.61. The van der Waals surface area contributed by atoms with Crippen LogP contribution in [-0.4, -0.2) is 47.9 Å². The molecule has 0 spiro atoms. The van der Waals surface area contributed by atoms with Crippen LogP contribution < -0.4 is 10.6 Å².